The summed E-state index contributed by atoms with van der Waals surface area (Å²) in [7, 11) is 1.66. The zero-order valence-corrected chi connectivity index (χ0v) is 16.5. The van der Waals surface area contributed by atoms with Crippen molar-refractivity contribution < 1.29 is 9.53 Å². The molecule has 0 saturated carbocycles. The maximum atomic E-state index is 13.0. The van der Waals surface area contributed by atoms with Crippen LogP contribution in [0.1, 0.15) is 34.8 Å². The first-order valence-corrected chi connectivity index (χ1v) is 9.94. The molecule has 1 fully saturated rings. The number of carbonyl (C=O) groups is 1. The van der Waals surface area contributed by atoms with E-state index >= 15 is 0 Å². The number of nitrogens with zero attached hydrogens (tertiary/aromatic N) is 1. The lowest BCUT2D eigenvalue weighted by atomic mass is 10.0. The van der Waals surface area contributed by atoms with Crippen molar-refractivity contribution in [1.29, 1.82) is 0 Å². The first kappa shape index (κ1) is 19.2. The Morgan fingerprint density at radius 2 is 1.93 bits per heavy atom. The van der Waals surface area contributed by atoms with Crippen LogP contribution in [0.2, 0.25) is 0 Å². The van der Waals surface area contributed by atoms with Crippen LogP contribution in [0.5, 0.6) is 5.75 Å². The lowest BCUT2D eigenvalue weighted by molar-refractivity contribution is 0.0939. The molecule has 1 aliphatic heterocycles. The number of aromatic amines is 1. The lowest BCUT2D eigenvalue weighted by Crippen LogP contribution is -2.37. The van der Waals surface area contributed by atoms with Gasteiger partial charge in [-0.15, -0.1) is 0 Å². The Bertz CT molecular complexity index is 1070. The normalized spacial score (nSPS) is 15.3. The summed E-state index contributed by atoms with van der Waals surface area (Å²) in [6.07, 6.45) is 2.32. The lowest BCUT2D eigenvalue weighted by Gasteiger charge is -2.28. The highest BCUT2D eigenvalue weighted by molar-refractivity contribution is 6.05. The number of para-hydroxylation sites is 1. The van der Waals surface area contributed by atoms with Gasteiger partial charge in [-0.1, -0.05) is 30.3 Å². The second-order valence-corrected chi connectivity index (χ2v) is 7.34. The third-order valence-corrected chi connectivity index (χ3v) is 5.51. The molecule has 6 nitrogen and oxygen atoms in total. The number of likely N-dealkylation sites (tertiary alicyclic amines) is 1. The molecule has 1 aliphatic rings. The van der Waals surface area contributed by atoms with Crippen LogP contribution >= 0.6 is 0 Å². The highest BCUT2D eigenvalue weighted by Crippen LogP contribution is 2.27. The maximum Gasteiger partial charge on any atom is 0.252 e. The van der Waals surface area contributed by atoms with E-state index in [1.54, 1.807) is 13.2 Å². The van der Waals surface area contributed by atoms with Crippen molar-refractivity contribution in [3.8, 4) is 5.75 Å². The number of amides is 1. The van der Waals surface area contributed by atoms with Gasteiger partial charge in [0.15, 0.2) is 0 Å². The molecule has 0 aliphatic carbocycles. The van der Waals surface area contributed by atoms with E-state index < -0.39 is 0 Å². The van der Waals surface area contributed by atoms with E-state index in [2.05, 4.69) is 21.3 Å². The number of fused-ring (bicyclic) bond motifs is 1. The summed E-state index contributed by atoms with van der Waals surface area (Å²) in [5.74, 6) is 0.568. The van der Waals surface area contributed by atoms with E-state index in [1.807, 2.05) is 36.4 Å². The van der Waals surface area contributed by atoms with Crippen LogP contribution in [0, 0.1) is 0 Å². The predicted molar refractivity (Wildman–Crippen MR) is 113 cm³/mol. The predicted octanol–water partition coefficient (Wildman–Crippen LogP) is 3.10. The molecule has 2 N–H and O–H groups in total. The van der Waals surface area contributed by atoms with E-state index in [1.165, 1.54) is 6.07 Å². The van der Waals surface area contributed by atoms with Gasteiger partial charge in [-0.25, -0.2) is 0 Å². The number of hydrogen-bond acceptors (Lipinski definition) is 4. The summed E-state index contributed by atoms with van der Waals surface area (Å²) >= 11 is 0. The Balaban J connectivity index is 1.59. The van der Waals surface area contributed by atoms with Gasteiger partial charge < -0.3 is 15.0 Å². The summed E-state index contributed by atoms with van der Waals surface area (Å²) < 4.78 is 5.38. The topological polar surface area (TPSA) is 74.4 Å². The molecule has 1 unspecified atom stereocenters. The van der Waals surface area contributed by atoms with Gasteiger partial charge in [-0.2, -0.15) is 0 Å². The molecular formula is C23H25N3O3. The van der Waals surface area contributed by atoms with E-state index in [0.717, 1.165) is 42.6 Å². The van der Waals surface area contributed by atoms with Gasteiger partial charge in [0.05, 0.1) is 18.7 Å². The first-order valence-electron chi connectivity index (χ1n) is 9.94. The van der Waals surface area contributed by atoms with Gasteiger partial charge in [0.2, 0.25) is 5.56 Å². The molecule has 1 amide bonds. The average Bonchev–Trinajstić information content (AvgIpc) is 3.28. The van der Waals surface area contributed by atoms with E-state index in [4.69, 9.17) is 4.74 Å². The Morgan fingerprint density at radius 3 is 2.72 bits per heavy atom. The van der Waals surface area contributed by atoms with Crippen LogP contribution in [0.3, 0.4) is 0 Å². The summed E-state index contributed by atoms with van der Waals surface area (Å²) in [4.78, 5) is 30.1. The van der Waals surface area contributed by atoms with E-state index in [0.29, 0.717) is 17.6 Å². The number of carbonyl (C=O) groups excluding carboxylic acids is 1. The van der Waals surface area contributed by atoms with E-state index in [9.17, 15) is 9.59 Å². The molecule has 1 saturated heterocycles. The number of methoxy groups -OCH3 is 1. The van der Waals surface area contributed by atoms with Crippen LogP contribution in [-0.4, -0.2) is 42.5 Å². The fraction of sp³-hybridized carbons (Fsp3) is 0.304. The molecular weight excluding hydrogens is 366 g/mol. The van der Waals surface area contributed by atoms with Crippen molar-refractivity contribution in [3.05, 3.63) is 76.1 Å². The van der Waals surface area contributed by atoms with Crippen molar-refractivity contribution >= 4 is 16.8 Å². The van der Waals surface area contributed by atoms with Crippen LogP contribution in [0.4, 0.5) is 0 Å². The van der Waals surface area contributed by atoms with Crippen LogP contribution in [0.25, 0.3) is 10.9 Å². The molecule has 6 heteroatoms. The SMILES string of the molecule is COc1cccc(C(CNC(=O)c2cc(=O)[nH]c3ccccc23)N2CCCC2)c1. The van der Waals surface area contributed by atoms with Gasteiger partial charge in [-0.3, -0.25) is 14.5 Å². The number of pyridine rings is 1. The number of rotatable bonds is 6. The minimum Gasteiger partial charge on any atom is -0.497 e. The van der Waals surface area contributed by atoms with Crippen molar-refractivity contribution in [3.63, 3.8) is 0 Å². The Labute approximate surface area is 169 Å². The van der Waals surface area contributed by atoms with Gasteiger partial charge in [-0.05, 0) is 49.7 Å². The molecule has 1 aromatic heterocycles. The second-order valence-electron chi connectivity index (χ2n) is 7.34. The maximum absolute atomic E-state index is 13.0. The summed E-state index contributed by atoms with van der Waals surface area (Å²) in [5.41, 5.74) is 1.89. The van der Waals surface area contributed by atoms with Crippen molar-refractivity contribution in [2.75, 3.05) is 26.7 Å². The molecule has 0 radical (unpaired) electrons. The molecule has 2 aromatic carbocycles. The molecule has 29 heavy (non-hydrogen) atoms. The highest BCUT2D eigenvalue weighted by atomic mass is 16.5. The number of benzene rings is 2. The second kappa shape index (κ2) is 8.49. The Hall–Kier alpha value is -3.12. The van der Waals surface area contributed by atoms with E-state index in [-0.39, 0.29) is 17.5 Å². The molecule has 4 rings (SSSR count). The largest absolute Gasteiger partial charge is 0.497 e. The zero-order chi connectivity index (χ0) is 20.2. The minimum absolute atomic E-state index is 0.0600. The number of H-pyrrole nitrogens is 1. The summed E-state index contributed by atoms with van der Waals surface area (Å²) in [6, 6.07) is 16.8. The quantitative estimate of drug-likeness (QED) is 0.677. The highest BCUT2D eigenvalue weighted by Gasteiger charge is 2.25. The molecule has 150 valence electrons. The monoisotopic (exact) mass is 391 g/mol. The molecule has 2 heterocycles. The Morgan fingerprint density at radius 1 is 1.14 bits per heavy atom. The summed E-state index contributed by atoms with van der Waals surface area (Å²) in [5, 5.41) is 3.80. The third kappa shape index (κ3) is 4.17. The smallest absolute Gasteiger partial charge is 0.252 e. The Kier molecular flexibility index (Phi) is 5.62. The fourth-order valence-electron chi connectivity index (χ4n) is 4.04. The number of aromatic nitrogens is 1. The molecule has 3 aromatic rings. The van der Waals surface area contributed by atoms with Gasteiger partial charge in [0.25, 0.3) is 5.91 Å². The third-order valence-electron chi connectivity index (χ3n) is 5.51. The number of nitrogens with one attached hydrogen (secondary N) is 2. The standard InChI is InChI=1S/C23H25N3O3/c1-29-17-8-6-7-16(13-17)21(26-11-4-5-12-26)15-24-23(28)19-14-22(27)25-20-10-3-2-9-18(19)20/h2-3,6-10,13-14,21H,4-5,11-12,15H2,1H3,(H,24,28)(H,25,27). The average molecular weight is 391 g/mol. The first-order chi connectivity index (χ1) is 14.2. The number of hydrogen-bond donors (Lipinski definition) is 2. The minimum atomic E-state index is -0.280. The molecule has 0 bridgehead atoms. The van der Waals surface area contributed by atoms with Gasteiger partial charge >= 0.3 is 0 Å². The van der Waals surface area contributed by atoms with Crippen molar-refractivity contribution in [2.45, 2.75) is 18.9 Å². The molecule has 0 spiro atoms. The summed E-state index contributed by atoms with van der Waals surface area (Å²) in [6.45, 7) is 2.48. The van der Waals surface area contributed by atoms with Gasteiger partial charge in [0, 0.05) is 23.5 Å². The van der Waals surface area contributed by atoms with Crippen LogP contribution in [0.15, 0.2) is 59.4 Å². The molecule has 1 atom stereocenters. The zero-order valence-electron chi connectivity index (χ0n) is 16.5. The van der Waals surface area contributed by atoms with Gasteiger partial charge in [0.1, 0.15) is 5.75 Å². The fourth-order valence-corrected chi connectivity index (χ4v) is 4.04. The van der Waals surface area contributed by atoms with Crippen molar-refractivity contribution in [1.82, 2.24) is 15.2 Å². The van der Waals surface area contributed by atoms with Crippen LogP contribution < -0.4 is 15.6 Å². The van der Waals surface area contributed by atoms with Crippen molar-refractivity contribution in [2.24, 2.45) is 0 Å². The van der Waals surface area contributed by atoms with Crippen LogP contribution in [-0.2, 0) is 0 Å². The number of ether oxygens (including phenoxy) is 1.